The molecule has 0 aliphatic heterocycles. The fraction of sp³-hybridized carbons (Fsp3) is 0.300. The van der Waals surface area contributed by atoms with Crippen molar-refractivity contribution in [3.63, 3.8) is 0 Å². The van der Waals surface area contributed by atoms with Crippen molar-refractivity contribution in [3.8, 4) is 0 Å². The van der Waals surface area contributed by atoms with Gasteiger partial charge < -0.3 is 14.9 Å². The van der Waals surface area contributed by atoms with Crippen LogP contribution in [-0.2, 0) is 16.1 Å². The first-order chi connectivity index (χ1) is 7.47. The van der Waals surface area contributed by atoms with Crippen LogP contribution in [0.2, 0.25) is 5.02 Å². The number of carboxylic acids is 1. The van der Waals surface area contributed by atoms with Crippen molar-refractivity contribution < 1.29 is 24.1 Å². The highest BCUT2D eigenvalue weighted by Crippen LogP contribution is 2.25. The molecule has 1 rings (SSSR count). The van der Waals surface area contributed by atoms with E-state index in [1.807, 2.05) is 0 Å². The summed E-state index contributed by atoms with van der Waals surface area (Å²) in [5.74, 6) is -2.17. The number of methoxy groups -OCH3 is 1. The monoisotopic (exact) mass is 248 g/mol. The number of aliphatic carboxylic acids is 1. The molecule has 0 amide bonds. The van der Waals surface area contributed by atoms with E-state index in [-0.39, 0.29) is 22.8 Å². The first kappa shape index (κ1) is 12.9. The third-order valence-corrected chi connectivity index (χ3v) is 2.34. The normalized spacial score (nSPS) is 12.5. The molecular formula is C10H10ClFO4. The van der Waals surface area contributed by atoms with E-state index in [0.717, 1.165) is 6.07 Å². The molecule has 1 atom stereocenters. The van der Waals surface area contributed by atoms with Gasteiger partial charge in [0.15, 0.2) is 6.10 Å². The largest absolute Gasteiger partial charge is 0.479 e. The standard InChI is InChI=1S/C10H10ClFO4/c1-16-4-6-7(11)2-5(3-8(6)12)9(13)10(14)15/h2-3,9,13H,4H2,1H3,(H,14,15). The fourth-order valence-corrected chi connectivity index (χ4v) is 1.48. The molecule has 16 heavy (non-hydrogen) atoms. The first-order valence-corrected chi connectivity index (χ1v) is 4.72. The van der Waals surface area contributed by atoms with E-state index in [9.17, 15) is 14.3 Å². The van der Waals surface area contributed by atoms with Gasteiger partial charge in [0.2, 0.25) is 0 Å². The number of aliphatic hydroxyl groups is 1. The van der Waals surface area contributed by atoms with Crippen LogP contribution in [0.25, 0.3) is 0 Å². The van der Waals surface area contributed by atoms with Gasteiger partial charge in [-0.3, -0.25) is 0 Å². The van der Waals surface area contributed by atoms with Crippen LogP contribution in [0.1, 0.15) is 17.2 Å². The third-order valence-electron chi connectivity index (χ3n) is 2.00. The third kappa shape index (κ3) is 2.69. The summed E-state index contributed by atoms with van der Waals surface area (Å²) in [4.78, 5) is 10.5. The molecular weight excluding hydrogens is 239 g/mol. The van der Waals surface area contributed by atoms with Crippen molar-refractivity contribution in [2.75, 3.05) is 7.11 Å². The summed E-state index contributed by atoms with van der Waals surface area (Å²) in [6.45, 7) is -0.0197. The van der Waals surface area contributed by atoms with E-state index in [0.29, 0.717) is 0 Å². The molecule has 6 heteroatoms. The van der Waals surface area contributed by atoms with Crippen molar-refractivity contribution in [1.82, 2.24) is 0 Å². The van der Waals surface area contributed by atoms with Gasteiger partial charge in [0.1, 0.15) is 5.82 Å². The van der Waals surface area contributed by atoms with Crippen LogP contribution in [0.4, 0.5) is 4.39 Å². The average molecular weight is 249 g/mol. The molecule has 4 nitrogen and oxygen atoms in total. The first-order valence-electron chi connectivity index (χ1n) is 4.35. The van der Waals surface area contributed by atoms with E-state index in [1.165, 1.54) is 13.2 Å². The van der Waals surface area contributed by atoms with Crippen LogP contribution in [0.3, 0.4) is 0 Å². The van der Waals surface area contributed by atoms with Gasteiger partial charge in [-0.1, -0.05) is 11.6 Å². The highest BCUT2D eigenvalue weighted by molar-refractivity contribution is 6.31. The number of carbonyl (C=O) groups is 1. The van der Waals surface area contributed by atoms with Gasteiger partial charge in [0.25, 0.3) is 0 Å². The van der Waals surface area contributed by atoms with E-state index in [4.69, 9.17) is 21.4 Å². The second kappa shape index (κ2) is 5.25. The Morgan fingerprint density at radius 3 is 2.69 bits per heavy atom. The van der Waals surface area contributed by atoms with Crippen LogP contribution in [0.5, 0.6) is 0 Å². The van der Waals surface area contributed by atoms with Crippen LogP contribution >= 0.6 is 11.6 Å². The molecule has 88 valence electrons. The zero-order chi connectivity index (χ0) is 12.3. The highest BCUT2D eigenvalue weighted by Gasteiger charge is 2.19. The number of hydrogen-bond donors (Lipinski definition) is 2. The molecule has 2 N–H and O–H groups in total. The Morgan fingerprint density at radius 2 is 2.25 bits per heavy atom. The van der Waals surface area contributed by atoms with Crippen molar-refractivity contribution >= 4 is 17.6 Å². The maximum Gasteiger partial charge on any atom is 0.337 e. The summed E-state index contributed by atoms with van der Waals surface area (Å²) in [7, 11) is 1.38. The lowest BCUT2D eigenvalue weighted by atomic mass is 10.1. The molecule has 0 aliphatic rings. The lowest BCUT2D eigenvalue weighted by Crippen LogP contribution is -2.11. The highest BCUT2D eigenvalue weighted by atomic mass is 35.5. The minimum atomic E-state index is -1.79. The molecule has 0 heterocycles. The van der Waals surface area contributed by atoms with E-state index in [1.54, 1.807) is 0 Å². The Hall–Kier alpha value is -1.17. The Morgan fingerprint density at radius 1 is 1.62 bits per heavy atom. The summed E-state index contributed by atoms with van der Waals surface area (Å²) in [6.07, 6.45) is -1.79. The molecule has 0 aliphatic carbocycles. The van der Waals surface area contributed by atoms with Gasteiger partial charge in [-0.25, -0.2) is 9.18 Å². The smallest absolute Gasteiger partial charge is 0.337 e. The number of benzene rings is 1. The second-order valence-electron chi connectivity index (χ2n) is 3.14. The van der Waals surface area contributed by atoms with Crippen LogP contribution < -0.4 is 0 Å². The summed E-state index contributed by atoms with van der Waals surface area (Å²) >= 11 is 5.74. The summed E-state index contributed by atoms with van der Waals surface area (Å²) in [5.41, 5.74) is 0.0281. The Balaban J connectivity index is 3.14. The molecule has 0 spiro atoms. The molecule has 0 saturated heterocycles. The fourth-order valence-electron chi connectivity index (χ4n) is 1.21. The Kier molecular flexibility index (Phi) is 4.23. The van der Waals surface area contributed by atoms with E-state index in [2.05, 4.69) is 0 Å². The maximum absolute atomic E-state index is 13.5. The second-order valence-corrected chi connectivity index (χ2v) is 3.54. The Bertz CT molecular complexity index is 385. The minimum Gasteiger partial charge on any atom is -0.479 e. The summed E-state index contributed by atoms with van der Waals surface area (Å²) < 4.78 is 18.2. The zero-order valence-electron chi connectivity index (χ0n) is 8.41. The number of ether oxygens (including phenoxy) is 1. The van der Waals surface area contributed by atoms with Crippen LogP contribution in [-0.4, -0.2) is 23.3 Å². The molecule has 1 aromatic rings. The predicted molar refractivity (Wildman–Crippen MR) is 54.7 cm³/mol. The van der Waals surface area contributed by atoms with Gasteiger partial charge in [-0.2, -0.15) is 0 Å². The number of hydrogen-bond acceptors (Lipinski definition) is 3. The van der Waals surface area contributed by atoms with Gasteiger partial charge >= 0.3 is 5.97 Å². The zero-order valence-corrected chi connectivity index (χ0v) is 9.16. The molecule has 1 unspecified atom stereocenters. The molecule has 0 radical (unpaired) electrons. The quantitative estimate of drug-likeness (QED) is 0.852. The van der Waals surface area contributed by atoms with Gasteiger partial charge in [0.05, 0.1) is 6.61 Å². The molecule has 1 aromatic carbocycles. The topological polar surface area (TPSA) is 66.8 Å². The average Bonchev–Trinajstić information content (AvgIpc) is 2.21. The van der Waals surface area contributed by atoms with Crippen molar-refractivity contribution in [2.24, 2.45) is 0 Å². The SMILES string of the molecule is COCc1c(F)cc(C(O)C(=O)O)cc1Cl. The Labute approximate surface area is 96.2 Å². The maximum atomic E-state index is 13.5. The minimum absolute atomic E-state index is 0.0197. The van der Waals surface area contributed by atoms with E-state index >= 15 is 0 Å². The van der Waals surface area contributed by atoms with Crippen molar-refractivity contribution in [3.05, 3.63) is 34.1 Å². The van der Waals surface area contributed by atoms with Crippen molar-refractivity contribution in [2.45, 2.75) is 12.7 Å². The number of aliphatic hydroxyl groups excluding tert-OH is 1. The van der Waals surface area contributed by atoms with Crippen LogP contribution in [0, 0.1) is 5.82 Å². The number of halogens is 2. The predicted octanol–water partition coefficient (Wildman–Crippen LogP) is 1.74. The van der Waals surface area contributed by atoms with E-state index < -0.39 is 17.9 Å². The molecule has 0 fully saturated rings. The van der Waals surface area contributed by atoms with Gasteiger partial charge in [0, 0.05) is 17.7 Å². The van der Waals surface area contributed by atoms with Crippen molar-refractivity contribution in [1.29, 1.82) is 0 Å². The molecule has 0 saturated carbocycles. The van der Waals surface area contributed by atoms with Crippen LogP contribution in [0.15, 0.2) is 12.1 Å². The lowest BCUT2D eigenvalue weighted by Gasteiger charge is -2.10. The van der Waals surface area contributed by atoms with Gasteiger partial charge in [-0.05, 0) is 17.7 Å². The summed E-state index contributed by atoms with van der Waals surface area (Å²) in [5, 5.41) is 17.8. The number of rotatable bonds is 4. The molecule has 0 bridgehead atoms. The lowest BCUT2D eigenvalue weighted by molar-refractivity contribution is -0.146. The number of carboxylic acid groups (broad SMARTS) is 1. The molecule has 0 aromatic heterocycles. The summed E-state index contributed by atoms with van der Waals surface area (Å²) in [6, 6.07) is 2.14. The van der Waals surface area contributed by atoms with Gasteiger partial charge in [-0.15, -0.1) is 0 Å².